The van der Waals surface area contributed by atoms with Gasteiger partial charge in [0.05, 0.1) is 0 Å². The van der Waals surface area contributed by atoms with Crippen LogP contribution in [0.1, 0.15) is 31.1 Å². The second kappa shape index (κ2) is 5.12. The van der Waals surface area contributed by atoms with Crippen LogP contribution < -0.4 is 10.6 Å². The van der Waals surface area contributed by atoms with Gasteiger partial charge in [0.1, 0.15) is 0 Å². The van der Waals surface area contributed by atoms with Crippen molar-refractivity contribution >= 4 is 11.5 Å². The zero-order valence-corrected chi connectivity index (χ0v) is 10.4. The average Bonchev–Trinajstić information content (AvgIpc) is 2.27. The summed E-state index contributed by atoms with van der Waals surface area (Å²) in [6.07, 6.45) is 0. The molecule has 0 aliphatic rings. The number of nitrogens with one attached hydrogen (secondary N) is 2. The second-order valence-electron chi connectivity index (χ2n) is 4.62. The van der Waals surface area contributed by atoms with Crippen LogP contribution in [-0.4, -0.2) is 24.9 Å². The summed E-state index contributed by atoms with van der Waals surface area (Å²) < 4.78 is 0. The Kier molecular flexibility index (Phi) is 4.07. The SMILES string of the molecule is CNC(C)(C)CNc1ccc(C(C)=O)cc1. The van der Waals surface area contributed by atoms with Gasteiger partial charge in [-0.15, -0.1) is 0 Å². The minimum absolute atomic E-state index is 0.0548. The molecule has 0 radical (unpaired) electrons. The summed E-state index contributed by atoms with van der Waals surface area (Å²) in [6, 6.07) is 7.55. The number of Topliss-reactive ketones (excluding diaryl/α,β-unsaturated/α-hetero) is 1. The predicted octanol–water partition coefficient (Wildman–Crippen LogP) is 2.30. The molecule has 16 heavy (non-hydrogen) atoms. The molecule has 0 atom stereocenters. The Morgan fingerprint density at radius 2 is 1.81 bits per heavy atom. The molecule has 1 aromatic rings. The van der Waals surface area contributed by atoms with E-state index in [1.54, 1.807) is 6.92 Å². The van der Waals surface area contributed by atoms with Gasteiger partial charge in [-0.05, 0) is 52.1 Å². The first-order valence-corrected chi connectivity index (χ1v) is 5.48. The molecular weight excluding hydrogens is 200 g/mol. The minimum atomic E-state index is 0.0548. The van der Waals surface area contributed by atoms with Crippen molar-refractivity contribution in [2.45, 2.75) is 26.3 Å². The molecule has 0 fully saturated rings. The lowest BCUT2D eigenvalue weighted by Gasteiger charge is -2.24. The van der Waals surface area contributed by atoms with Crippen LogP contribution in [-0.2, 0) is 0 Å². The van der Waals surface area contributed by atoms with Crippen LogP contribution in [0.15, 0.2) is 24.3 Å². The van der Waals surface area contributed by atoms with E-state index in [4.69, 9.17) is 0 Å². The van der Waals surface area contributed by atoms with Gasteiger partial charge >= 0.3 is 0 Å². The molecule has 0 spiro atoms. The molecule has 0 aliphatic carbocycles. The zero-order valence-electron chi connectivity index (χ0n) is 10.4. The van der Waals surface area contributed by atoms with Crippen molar-refractivity contribution in [3.8, 4) is 0 Å². The molecule has 0 aliphatic heterocycles. The third kappa shape index (κ3) is 3.66. The number of ketones is 1. The Morgan fingerprint density at radius 3 is 2.25 bits per heavy atom. The molecule has 2 N–H and O–H groups in total. The second-order valence-corrected chi connectivity index (χ2v) is 4.62. The largest absolute Gasteiger partial charge is 0.383 e. The number of carbonyl (C=O) groups excluding carboxylic acids is 1. The van der Waals surface area contributed by atoms with Gasteiger partial charge in [-0.2, -0.15) is 0 Å². The molecule has 0 saturated carbocycles. The monoisotopic (exact) mass is 220 g/mol. The maximum atomic E-state index is 11.1. The van der Waals surface area contributed by atoms with Crippen molar-refractivity contribution in [2.75, 3.05) is 18.9 Å². The van der Waals surface area contributed by atoms with Gasteiger partial charge < -0.3 is 10.6 Å². The van der Waals surface area contributed by atoms with Crippen LogP contribution in [0.2, 0.25) is 0 Å². The Balaban J connectivity index is 2.59. The summed E-state index contributed by atoms with van der Waals surface area (Å²) in [4.78, 5) is 11.1. The zero-order chi connectivity index (χ0) is 12.2. The Hall–Kier alpha value is -1.35. The third-order valence-electron chi connectivity index (χ3n) is 2.70. The standard InChI is InChI=1S/C13H20N2O/c1-10(16)11-5-7-12(8-6-11)15-9-13(2,3)14-4/h5-8,14-15H,9H2,1-4H3. The molecule has 0 heterocycles. The molecule has 0 unspecified atom stereocenters. The first-order chi connectivity index (χ1) is 7.44. The highest BCUT2D eigenvalue weighted by atomic mass is 16.1. The lowest BCUT2D eigenvalue weighted by atomic mass is 10.1. The molecule has 1 rings (SSSR count). The number of likely N-dealkylation sites (N-methyl/N-ethyl adjacent to an activating group) is 1. The van der Waals surface area contributed by atoms with Gasteiger partial charge in [0.2, 0.25) is 0 Å². The first-order valence-electron chi connectivity index (χ1n) is 5.48. The van der Waals surface area contributed by atoms with Gasteiger partial charge in [0.15, 0.2) is 5.78 Å². The van der Waals surface area contributed by atoms with E-state index in [0.29, 0.717) is 0 Å². The fraction of sp³-hybridized carbons (Fsp3) is 0.462. The Labute approximate surface area is 97.2 Å². The van der Waals surface area contributed by atoms with E-state index in [1.165, 1.54) is 0 Å². The molecule has 88 valence electrons. The fourth-order valence-corrected chi connectivity index (χ4v) is 1.23. The van der Waals surface area contributed by atoms with E-state index >= 15 is 0 Å². The molecule has 0 saturated heterocycles. The van der Waals surface area contributed by atoms with E-state index in [9.17, 15) is 4.79 Å². The van der Waals surface area contributed by atoms with Gasteiger partial charge in [-0.1, -0.05) is 0 Å². The van der Waals surface area contributed by atoms with Gasteiger partial charge in [-0.3, -0.25) is 4.79 Å². The summed E-state index contributed by atoms with van der Waals surface area (Å²) in [5, 5.41) is 6.55. The van der Waals surface area contributed by atoms with Crippen LogP contribution in [0, 0.1) is 0 Å². The van der Waals surface area contributed by atoms with Crippen molar-refractivity contribution in [3.05, 3.63) is 29.8 Å². The maximum Gasteiger partial charge on any atom is 0.159 e. The van der Waals surface area contributed by atoms with Crippen molar-refractivity contribution in [2.24, 2.45) is 0 Å². The minimum Gasteiger partial charge on any atom is -0.383 e. The van der Waals surface area contributed by atoms with Crippen molar-refractivity contribution in [1.82, 2.24) is 5.32 Å². The smallest absolute Gasteiger partial charge is 0.159 e. The highest BCUT2D eigenvalue weighted by Crippen LogP contribution is 2.11. The molecule has 0 amide bonds. The van der Waals surface area contributed by atoms with Gasteiger partial charge in [0.25, 0.3) is 0 Å². The number of carbonyl (C=O) groups is 1. The third-order valence-corrected chi connectivity index (χ3v) is 2.70. The molecule has 3 heteroatoms. The van der Waals surface area contributed by atoms with Crippen molar-refractivity contribution in [1.29, 1.82) is 0 Å². The molecular formula is C13H20N2O. The number of benzene rings is 1. The predicted molar refractivity (Wildman–Crippen MR) is 68.1 cm³/mol. The van der Waals surface area contributed by atoms with Crippen molar-refractivity contribution < 1.29 is 4.79 Å². The van der Waals surface area contributed by atoms with Crippen LogP contribution in [0.5, 0.6) is 0 Å². The van der Waals surface area contributed by atoms with Gasteiger partial charge in [-0.25, -0.2) is 0 Å². The number of hydrogen-bond acceptors (Lipinski definition) is 3. The molecule has 0 aromatic heterocycles. The number of rotatable bonds is 5. The average molecular weight is 220 g/mol. The molecule has 1 aromatic carbocycles. The first kappa shape index (κ1) is 12.7. The summed E-state index contributed by atoms with van der Waals surface area (Å²) >= 11 is 0. The van der Waals surface area contributed by atoms with E-state index in [-0.39, 0.29) is 11.3 Å². The van der Waals surface area contributed by atoms with E-state index in [2.05, 4.69) is 24.5 Å². The quantitative estimate of drug-likeness (QED) is 0.748. The summed E-state index contributed by atoms with van der Waals surface area (Å²) in [5.41, 5.74) is 1.84. The van der Waals surface area contributed by atoms with E-state index in [1.807, 2.05) is 31.3 Å². The summed E-state index contributed by atoms with van der Waals surface area (Å²) in [5.74, 6) is 0.0992. The summed E-state index contributed by atoms with van der Waals surface area (Å²) in [7, 11) is 1.94. The fourth-order valence-electron chi connectivity index (χ4n) is 1.23. The van der Waals surface area contributed by atoms with Gasteiger partial charge in [0, 0.05) is 23.3 Å². The van der Waals surface area contributed by atoms with Crippen molar-refractivity contribution in [3.63, 3.8) is 0 Å². The van der Waals surface area contributed by atoms with Crippen LogP contribution in [0.4, 0.5) is 5.69 Å². The Morgan fingerprint density at radius 1 is 1.25 bits per heavy atom. The van der Waals surface area contributed by atoms with Crippen LogP contribution in [0.25, 0.3) is 0 Å². The van der Waals surface area contributed by atoms with Crippen LogP contribution in [0.3, 0.4) is 0 Å². The normalized spacial score (nSPS) is 11.2. The highest BCUT2D eigenvalue weighted by molar-refractivity contribution is 5.94. The number of hydrogen-bond donors (Lipinski definition) is 2. The molecule has 3 nitrogen and oxygen atoms in total. The van der Waals surface area contributed by atoms with Crippen LogP contribution >= 0.6 is 0 Å². The maximum absolute atomic E-state index is 11.1. The molecule has 0 bridgehead atoms. The highest BCUT2D eigenvalue weighted by Gasteiger charge is 2.13. The lowest BCUT2D eigenvalue weighted by molar-refractivity contribution is 0.101. The lowest BCUT2D eigenvalue weighted by Crippen LogP contribution is -2.42. The Bertz CT molecular complexity index is 355. The van der Waals surface area contributed by atoms with E-state index < -0.39 is 0 Å². The number of anilines is 1. The topological polar surface area (TPSA) is 41.1 Å². The van der Waals surface area contributed by atoms with E-state index in [0.717, 1.165) is 17.8 Å². The summed E-state index contributed by atoms with van der Waals surface area (Å²) in [6.45, 7) is 6.67.